The number of nitrogens with one attached hydrogen (secondary N) is 1. The number of carboxylic acids is 1. The topological polar surface area (TPSA) is 138 Å². The highest BCUT2D eigenvalue weighted by Gasteiger charge is 2.32. The highest BCUT2D eigenvalue weighted by atomic mass is 16.5. The molecule has 9 heteroatoms. The molecule has 2 aromatic heterocycles. The SMILES string of the molecule is CC(C)(Cc1nc(-c2ccc(O)cn2)no1)C(=O)NC1=CCCC=C1C(=O)O. The lowest BCUT2D eigenvalue weighted by Gasteiger charge is -2.24. The Kier molecular flexibility index (Phi) is 5.25. The summed E-state index contributed by atoms with van der Waals surface area (Å²) in [4.78, 5) is 32.3. The van der Waals surface area contributed by atoms with E-state index < -0.39 is 11.4 Å². The third kappa shape index (κ3) is 4.25. The van der Waals surface area contributed by atoms with Crippen LogP contribution in [0.15, 0.2) is 46.3 Å². The summed E-state index contributed by atoms with van der Waals surface area (Å²) in [7, 11) is 0. The van der Waals surface area contributed by atoms with Gasteiger partial charge in [0, 0.05) is 6.42 Å². The quantitative estimate of drug-likeness (QED) is 0.689. The van der Waals surface area contributed by atoms with Gasteiger partial charge in [-0.25, -0.2) is 9.78 Å². The van der Waals surface area contributed by atoms with E-state index in [1.807, 2.05) is 0 Å². The van der Waals surface area contributed by atoms with Crippen LogP contribution in [-0.4, -0.2) is 37.2 Å². The molecular weight excluding hydrogens is 364 g/mol. The number of pyridine rings is 1. The van der Waals surface area contributed by atoms with E-state index in [0.29, 0.717) is 24.2 Å². The summed E-state index contributed by atoms with van der Waals surface area (Å²) < 4.78 is 5.22. The first-order chi connectivity index (χ1) is 13.3. The summed E-state index contributed by atoms with van der Waals surface area (Å²) in [6.07, 6.45) is 6.02. The van der Waals surface area contributed by atoms with Crippen LogP contribution in [0, 0.1) is 5.41 Å². The Balaban J connectivity index is 1.70. The number of amides is 1. The Hall–Kier alpha value is -3.49. The molecule has 1 aliphatic carbocycles. The zero-order valence-electron chi connectivity index (χ0n) is 15.5. The van der Waals surface area contributed by atoms with Crippen LogP contribution >= 0.6 is 0 Å². The van der Waals surface area contributed by atoms with E-state index in [4.69, 9.17) is 4.52 Å². The van der Waals surface area contributed by atoms with E-state index in [0.717, 1.165) is 0 Å². The lowest BCUT2D eigenvalue weighted by Crippen LogP contribution is -2.39. The third-order valence-corrected chi connectivity index (χ3v) is 4.29. The number of hydrogen-bond acceptors (Lipinski definition) is 7. The van der Waals surface area contributed by atoms with Gasteiger partial charge in [-0.1, -0.05) is 31.2 Å². The number of rotatable bonds is 6. The zero-order valence-corrected chi connectivity index (χ0v) is 15.5. The van der Waals surface area contributed by atoms with Crippen molar-refractivity contribution < 1.29 is 24.3 Å². The third-order valence-electron chi connectivity index (χ3n) is 4.29. The summed E-state index contributed by atoms with van der Waals surface area (Å²) in [6.45, 7) is 3.41. The van der Waals surface area contributed by atoms with Gasteiger partial charge >= 0.3 is 5.97 Å². The normalized spacial score (nSPS) is 14.2. The molecule has 3 rings (SSSR count). The van der Waals surface area contributed by atoms with Gasteiger partial charge in [0.1, 0.15) is 11.4 Å². The van der Waals surface area contributed by atoms with Crippen molar-refractivity contribution in [1.29, 1.82) is 0 Å². The van der Waals surface area contributed by atoms with Gasteiger partial charge in [-0.3, -0.25) is 4.79 Å². The van der Waals surface area contributed by atoms with Gasteiger partial charge in [0.25, 0.3) is 0 Å². The Labute approximate surface area is 160 Å². The van der Waals surface area contributed by atoms with Crippen LogP contribution in [0.3, 0.4) is 0 Å². The molecule has 0 atom stereocenters. The van der Waals surface area contributed by atoms with E-state index in [9.17, 15) is 19.8 Å². The molecule has 0 saturated carbocycles. The Morgan fingerprint density at radius 3 is 2.68 bits per heavy atom. The fourth-order valence-corrected chi connectivity index (χ4v) is 2.70. The molecule has 1 aliphatic rings. The van der Waals surface area contributed by atoms with Crippen molar-refractivity contribution in [2.45, 2.75) is 33.1 Å². The molecule has 9 nitrogen and oxygen atoms in total. The Bertz CT molecular complexity index is 957. The van der Waals surface area contributed by atoms with Crippen LogP contribution in [-0.2, 0) is 16.0 Å². The molecule has 0 aromatic carbocycles. The maximum Gasteiger partial charge on any atom is 0.337 e. The molecule has 2 heterocycles. The van der Waals surface area contributed by atoms with Crippen LogP contribution in [0.25, 0.3) is 11.5 Å². The predicted octanol–water partition coefficient (Wildman–Crippen LogP) is 2.21. The fraction of sp³-hybridized carbons (Fsp3) is 0.316. The van der Waals surface area contributed by atoms with Gasteiger partial charge in [0.15, 0.2) is 0 Å². The van der Waals surface area contributed by atoms with Crippen molar-refractivity contribution in [3.05, 3.63) is 47.6 Å². The Morgan fingerprint density at radius 1 is 1.25 bits per heavy atom. The molecule has 0 radical (unpaired) electrons. The average molecular weight is 384 g/mol. The molecule has 3 N–H and O–H groups in total. The van der Waals surface area contributed by atoms with Gasteiger partial charge in [0.05, 0.1) is 22.9 Å². The van der Waals surface area contributed by atoms with Crippen molar-refractivity contribution in [2.75, 3.05) is 0 Å². The zero-order chi connectivity index (χ0) is 20.3. The molecular formula is C19H20N4O5. The van der Waals surface area contributed by atoms with Crippen LogP contribution < -0.4 is 5.32 Å². The number of aliphatic carboxylic acids is 1. The first kappa shape index (κ1) is 19.3. The summed E-state index contributed by atoms with van der Waals surface area (Å²) in [5.74, 6) is -0.909. The first-order valence-electron chi connectivity index (χ1n) is 8.70. The molecule has 0 bridgehead atoms. The van der Waals surface area contributed by atoms with Crippen molar-refractivity contribution >= 4 is 11.9 Å². The lowest BCUT2D eigenvalue weighted by molar-refractivity contribution is -0.132. The second kappa shape index (κ2) is 7.63. The number of carboxylic acid groups (broad SMARTS) is 1. The summed E-state index contributed by atoms with van der Waals surface area (Å²) in [5, 5.41) is 25.1. The van der Waals surface area contributed by atoms with Crippen LogP contribution in [0.1, 0.15) is 32.6 Å². The van der Waals surface area contributed by atoms with Gasteiger partial charge in [-0.15, -0.1) is 0 Å². The number of hydrogen-bond donors (Lipinski definition) is 3. The number of aromatic hydroxyl groups is 1. The molecule has 0 fully saturated rings. The van der Waals surface area contributed by atoms with Crippen LogP contribution in [0.5, 0.6) is 5.75 Å². The average Bonchev–Trinajstić information content (AvgIpc) is 3.10. The fourth-order valence-electron chi connectivity index (χ4n) is 2.70. The van der Waals surface area contributed by atoms with Gasteiger partial charge in [-0.2, -0.15) is 4.98 Å². The lowest BCUT2D eigenvalue weighted by atomic mass is 9.87. The summed E-state index contributed by atoms with van der Waals surface area (Å²) in [6, 6.07) is 3.01. The molecule has 0 unspecified atom stereocenters. The minimum Gasteiger partial charge on any atom is -0.506 e. The minimum atomic E-state index is -1.08. The predicted molar refractivity (Wildman–Crippen MR) is 97.9 cm³/mol. The van der Waals surface area contributed by atoms with Crippen LogP contribution in [0.4, 0.5) is 0 Å². The van der Waals surface area contributed by atoms with Crippen molar-refractivity contribution in [2.24, 2.45) is 5.41 Å². The molecule has 0 saturated heterocycles. The minimum absolute atomic E-state index is 0.0251. The number of nitrogens with zero attached hydrogens (tertiary/aromatic N) is 3. The van der Waals surface area contributed by atoms with Gasteiger partial charge < -0.3 is 20.1 Å². The van der Waals surface area contributed by atoms with E-state index in [1.54, 1.807) is 32.1 Å². The number of aromatic nitrogens is 3. The van der Waals surface area contributed by atoms with E-state index in [-0.39, 0.29) is 35.4 Å². The maximum absolute atomic E-state index is 12.7. The standard InChI is InChI=1S/C19H20N4O5/c1-19(2,18(27)21-13-6-4-3-5-12(13)17(25)26)9-15-22-16(23-28-15)14-8-7-11(24)10-20-14/h5-8,10,24H,3-4,9H2,1-2H3,(H,21,27)(H,25,26). The van der Waals surface area contributed by atoms with E-state index >= 15 is 0 Å². The van der Waals surface area contributed by atoms with Gasteiger partial charge in [-0.05, 0) is 25.0 Å². The van der Waals surface area contributed by atoms with Crippen LogP contribution in [0.2, 0.25) is 0 Å². The molecule has 0 aliphatic heterocycles. The second-order valence-corrected chi connectivity index (χ2v) is 7.05. The number of carbonyl (C=O) groups is 2. The Morgan fingerprint density at radius 2 is 2.00 bits per heavy atom. The van der Waals surface area contributed by atoms with E-state index in [2.05, 4.69) is 20.4 Å². The highest BCUT2D eigenvalue weighted by Crippen LogP contribution is 2.25. The molecule has 146 valence electrons. The highest BCUT2D eigenvalue weighted by molar-refractivity contribution is 5.94. The summed E-state index contributed by atoms with van der Waals surface area (Å²) in [5.41, 5.74) is -0.0995. The van der Waals surface area contributed by atoms with Crippen molar-refractivity contribution in [1.82, 2.24) is 20.4 Å². The second-order valence-electron chi connectivity index (χ2n) is 7.05. The molecule has 2 aromatic rings. The van der Waals surface area contributed by atoms with Crippen molar-refractivity contribution in [3.8, 4) is 17.3 Å². The number of carbonyl (C=O) groups excluding carboxylic acids is 1. The first-order valence-corrected chi connectivity index (χ1v) is 8.70. The summed E-state index contributed by atoms with van der Waals surface area (Å²) >= 11 is 0. The van der Waals surface area contributed by atoms with Crippen molar-refractivity contribution in [3.63, 3.8) is 0 Å². The maximum atomic E-state index is 12.7. The monoisotopic (exact) mass is 384 g/mol. The molecule has 28 heavy (non-hydrogen) atoms. The largest absolute Gasteiger partial charge is 0.506 e. The number of allylic oxidation sites excluding steroid dienone is 2. The smallest absolute Gasteiger partial charge is 0.337 e. The molecule has 0 spiro atoms. The molecule has 1 amide bonds. The van der Waals surface area contributed by atoms with Gasteiger partial charge in [0.2, 0.25) is 17.6 Å². The van der Waals surface area contributed by atoms with E-state index in [1.165, 1.54) is 12.3 Å².